The van der Waals surface area contributed by atoms with E-state index in [0.29, 0.717) is 5.56 Å². The van der Waals surface area contributed by atoms with Crippen molar-refractivity contribution in [3.8, 4) is 0 Å². The van der Waals surface area contributed by atoms with Crippen LogP contribution in [-0.4, -0.2) is 4.57 Å². The standard InChI is InChI=1S/C14H13F3N2O/c15-14(16,17)11-5-3-4-10(8-11)12(18)9-19-7-2-1-6-13(19)20/h1-8,12H,9,18H2. The van der Waals surface area contributed by atoms with E-state index in [1.807, 2.05) is 0 Å². The minimum atomic E-state index is -4.40. The third-order valence-corrected chi connectivity index (χ3v) is 2.93. The lowest BCUT2D eigenvalue weighted by Gasteiger charge is -2.15. The van der Waals surface area contributed by atoms with Crippen LogP contribution in [0.5, 0.6) is 0 Å². The van der Waals surface area contributed by atoms with Crippen molar-refractivity contribution in [2.75, 3.05) is 0 Å². The van der Waals surface area contributed by atoms with Gasteiger partial charge in [-0.05, 0) is 23.8 Å². The number of benzene rings is 1. The van der Waals surface area contributed by atoms with Crippen molar-refractivity contribution in [3.63, 3.8) is 0 Å². The van der Waals surface area contributed by atoms with Gasteiger partial charge in [-0.2, -0.15) is 13.2 Å². The summed E-state index contributed by atoms with van der Waals surface area (Å²) < 4.78 is 39.2. The van der Waals surface area contributed by atoms with Crippen LogP contribution >= 0.6 is 0 Å². The van der Waals surface area contributed by atoms with E-state index in [-0.39, 0.29) is 12.1 Å². The molecule has 1 aromatic carbocycles. The Morgan fingerprint density at radius 1 is 1.15 bits per heavy atom. The molecule has 2 aromatic rings. The Labute approximate surface area is 113 Å². The Morgan fingerprint density at radius 3 is 2.55 bits per heavy atom. The van der Waals surface area contributed by atoms with E-state index in [2.05, 4.69) is 0 Å². The molecule has 1 heterocycles. The third-order valence-electron chi connectivity index (χ3n) is 2.93. The lowest BCUT2D eigenvalue weighted by molar-refractivity contribution is -0.137. The predicted octanol–water partition coefficient (Wildman–Crippen LogP) is 2.57. The fourth-order valence-electron chi connectivity index (χ4n) is 1.87. The zero-order chi connectivity index (χ0) is 14.8. The fraction of sp³-hybridized carbons (Fsp3) is 0.214. The summed E-state index contributed by atoms with van der Waals surface area (Å²) in [7, 11) is 0. The van der Waals surface area contributed by atoms with Gasteiger partial charge in [0.15, 0.2) is 0 Å². The lowest BCUT2D eigenvalue weighted by Crippen LogP contribution is -2.25. The highest BCUT2D eigenvalue weighted by molar-refractivity contribution is 5.27. The van der Waals surface area contributed by atoms with Gasteiger partial charge < -0.3 is 10.3 Å². The monoisotopic (exact) mass is 282 g/mol. The first-order chi connectivity index (χ1) is 9.38. The van der Waals surface area contributed by atoms with Gasteiger partial charge in [-0.3, -0.25) is 4.79 Å². The Morgan fingerprint density at radius 2 is 1.90 bits per heavy atom. The maximum atomic E-state index is 12.6. The zero-order valence-electron chi connectivity index (χ0n) is 10.5. The Hall–Kier alpha value is -2.08. The number of nitrogens with two attached hydrogens (primary N) is 1. The lowest BCUT2D eigenvalue weighted by atomic mass is 10.0. The first kappa shape index (κ1) is 14.3. The minimum absolute atomic E-state index is 0.126. The summed E-state index contributed by atoms with van der Waals surface area (Å²) in [6.45, 7) is 0.126. The summed E-state index contributed by atoms with van der Waals surface area (Å²) in [5.41, 5.74) is 5.24. The number of halogens is 3. The maximum absolute atomic E-state index is 12.6. The van der Waals surface area contributed by atoms with E-state index in [1.165, 1.54) is 22.8 Å². The van der Waals surface area contributed by atoms with E-state index >= 15 is 0 Å². The zero-order valence-corrected chi connectivity index (χ0v) is 10.5. The van der Waals surface area contributed by atoms with Crippen LogP contribution in [0.4, 0.5) is 13.2 Å². The van der Waals surface area contributed by atoms with Crippen LogP contribution in [0.25, 0.3) is 0 Å². The molecule has 1 atom stereocenters. The molecule has 0 fully saturated rings. The first-order valence-corrected chi connectivity index (χ1v) is 5.96. The summed E-state index contributed by atoms with van der Waals surface area (Å²) in [5, 5.41) is 0. The van der Waals surface area contributed by atoms with Gasteiger partial charge in [-0.15, -0.1) is 0 Å². The average molecular weight is 282 g/mol. The number of rotatable bonds is 3. The van der Waals surface area contributed by atoms with Gasteiger partial charge in [0.05, 0.1) is 5.56 Å². The summed E-state index contributed by atoms with van der Waals surface area (Å²) in [6.07, 6.45) is -2.85. The smallest absolute Gasteiger partial charge is 0.322 e. The van der Waals surface area contributed by atoms with Gasteiger partial charge in [0, 0.05) is 24.8 Å². The van der Waals surface area contributed by atoms with E-state index in [1.54, 1.807) is 18.3 Å². The number of hydrogen-bond donors (Lipinski definition) is 1. The molecule has 1 unspecified atom stereocenters. The highest BCUT2D eigenvalue weighted by atomic mass is 19.4. The molecule has 20 heavy (non-hydrogen) atoms. The molecular formula is C14H13F3N2O. The summed E-state index contributed by atoms with van der Waals surface area (Å²) in [4.78, 5) is 11.5. The second-order valence-electron chi connectivity index (χ2n) is 4.42. The van der Waals surface area contributed by atoms with Crippen molar-refractivity contribution in [1.82, 2.24) is 4.57 Å². The molecule has 2 rings (SSSR count). The molecule has 6 heteroatoms. The van der Waals surface area contributed by atoms with Gasteiger partial charge in [-0.25, -0.2) is 0 Å². The second kappa shape index (κ2) is 5.50. The highest BCUT2D eigenvalue weighted by Gasteiger charge is 2.30. The molecule has 0 bridgehead atoms. The normalized spacial score (nSPS) is 13.2. The Bertz CT molecular complexity index is 649. The van der Waals surface area contributed by atoms with Crippen molar-refractivity contribution in [2.45, 2.75) is 18.8 Å². The molecule has 2 N–H and O–H groups in total. The number of nitrogens with zero attached hydrogens (tertiary/aromatic N) is 1. The summed E-state index contributed by atoms with van der Waals surface area (Å²) >= 11 is 0. The quantitative estimate of drug-likeness (QED) is 0.940. The van der Waals surface area contributed by atoms with Crippen molar-refractivity contribution < 1.29 is 13.2 Å². The van der Waals surface area contributed by atoms with E-state index in [4.69, 9.17) is 5.73 Å². The molecule has 106 valence electrons. The van der Waals surface area contributed by atoms with E-state index < -0.39 is 17.8 Å². The average Bonchev–Trinajstić information content (AvgIpc) is 2.40. The van der Waals surface area contributed by atoms with Gasteiger partial charge in [0.2, 0.25) is 0 Å². The molecule has 0 radical (unpaired) electrons. The number of hydrogen-bond acceptors (Lipinski definition) is 2. The molecule has 0 aliphatic rings. The molecule has 0 amide bonds. The number of alkyl halides is 3. The first-order valence-electron chi connectivity index (χ1n) is 5.96. The molecule has 0 saturated heterocycles. The molecule has 0 saturated carbocycles. The highest BCUT2D eigenvalue weighted by Crippen LogP contribution is 2.30. The van der Waals surface area contributed by atoms with Crippen LogP contribution in [-0.2, 0) is 12.7 Å². The van der Waals surface area contributed by atoms with Crippen LogP contribution in [0, 0.1) is 0 Å². The van der Waals surface area contributed by atoms with Gasteiger partial charge in [0.25, 0.3) is 5.56 Å². The molecule has 0 spiro atoms. The van der Waals surface area contributed by atoms with Crippen molar-refractivity contribution >= 4 is 0 Å². The van der Waals surface area contributed by atoms with Crippen LogP contribution in [0.15, 0.2) is 53.5 Å². The van der Waals surface area contributed by atoms with E-state index in [9.17, 15) is 18.0 Å². The topological polar surface area (TPSA) is 48.0 Å². The fourth-order valence-corrected chi connectivity index (χ4v) is 1.87. The summed E-state index contributed by atoms with van der Waals surface area (Å²) in [6, 6.07) is 8.79. The van der Waals surface area contributed by atoms with Gasteiger partial charge >= 0.3 is 6.18 Å². The molecule has 1 aromatic heterocycles. The predicted molar refractivity (Wildman–Crippen MR) is 69.1 cm³/mol. The van der Waals surface area contributed by atoms with Crippen LogP contribution < -0.4 is 11.3 Å². The maximum Gasteiger partial charge on any atom is 0.416 e. The molecule has 0 aliphatic heterocycles. The van der Waals surface area contributed by atoms with Crippen molar-refractivity contribution in [1.29, 1.82) is 0 Å². The number of aromatic nitrogens is 1. The van der Waals surface area contributed by atoms with E-state index in [0.717, 1.165) is 12.1 Å². The van der Waals surface area contributed by atoms with Gasteiger partial charge in [-0.1, -0.05) is 18.2 Å². The van der Waals surface area contributed by atoms with Crippen molar-refractivity contribution in [2.24, 2.45) is 5.73 Å². The largest absolute Gasteiger partial charge is 0.416 e. The van der Waals surface area contributed by atoms with Crippen LogP contribution in [0.1, 0.15) is 17.2 Å². The second-order valence-corrected chi connectivity index (χ2v) is 4.42. The Kier molecular flexibility index (Phi) is 3.94. The third kappa shape index (κ3) is 3.27. The van der Waals surface area contributed by atoms with Crippen LogP contribution in [0.2, 0.25) is 0 Å². The SMILES string of the molecule is NC(Cn1ccccc1=O)c1cccc(C(F)(F)F)c1. The number of pyridine rings is 1. The van der Waals surface area contributed by atoms with Crippen molar-refractivity contribution in [3.05, 3.63) is 70.1 Å². The molecule has 3 nitrogen and oxygen atoms in total. The molecular weight excluding hydrogens is 269 g/mol. The van der Waals surface area contributed by atoms with Gasteiger partial charge in [0.1, 0.15) is 0 Å². The Balaban J connectivity index is 2.24. The molecule has 0 aliphatic carbocycles. The van der Waals surface area contributed by atoms with Crippen LogP contribution in [0.3, 0.4) is 0 Å². The minimum Gasteiger partial charge on any atom is -0.322 e. The summed E-state index contributed by atoms with van der Waals surface area (Å²) in [5.74, 6) is 0.